The Balaban J connectivity index is 0.000000392. The maximum absolute atomic E-state index is 13.7. The van der Waals surface area contributed by atoms with Crippen LogP contribution < -0.4 is 15.4 Å². The molecule has 0 aromatic heterocycles. The minimum atomic E-state index is -1.08. The van der Waals surface area contributed by atoms with Crippen LogP contribution in [0.15, 0.2) is 60.7 Å². The van der Waals surface area contributed by atoms with Crippen LogP contribution in [-0.4, -0.2) is 35.2 Å². The second kappa shape index (κ2) is 13.5. The molecule has 0 unspecified atom stereocenters. The molecule has 0 saturated carbocycles. The van der Waals surface area contributed by atoms with E-state index >= 15 is 0 Å². The van der Waals surface area contributed by atoms with Gasteiger partial charge in [0.25, 0.3) is 0 Å². The van der Waals surface area contributed by atoms with Crippen LogP contribution in [0.2, 0.25) is 5.02 Å². The van der Waals surface area contributed by atoms with E-state index in [4.69, 9.17) is 26.6 Å². The van der Waals surface area contributed by atoms with Gasteiger partial charge in [0.05, 0.1) is 23.6 Å². The molecule has 0 aliphatic carbocycles. The van der Waals surface area contributed by atoms with Crippen LogP contribution in [0.25, 0.3) is 0 Å². The Bertz CT molecular complexity index is 1170. The molecule has 1 heterocycles. The average Bonchev–Trinajstić information content (AvgIpc) is 3.11. The third-order valence-corrected chi connectivity index (χ3v) is 5.81. The highest BCUT2D eigenvalue weighted by molar-refractivity contribution is 6.33. The Morgan fingerprint density at radius 1 is 0.944 bits per heavy atom. The summed E-state index contributed by atoms with van der Waals surface area (Å²) in [7, 11) is 0. The quantitative estimate of drug-likeness (QED) is 0.314. The number of para-hydroxylation sites is 1. The topological polar surface area (TPSA) is 108 Å². The first-order chi connectivity index (χ1) is 17.3. The number of halogens is 2. The van der Waals surface area contributed by atoms with Gasteiger partial charge in [-0.05, 0) is 73.0 Å². The number of carbonyl (C=O) groups is 2. The highest BCUT2D eigenvalue weighted by atomic mass is 35.5. The summed E-state index contributed by atoms with van der Waals surface area (Å²) >= 11 is 6.47. The molecule has 4 N–H and O–H groups in total. The van der Waals surface area contributed by atoms with Crippen LogP contribution in [0.5, 0.6) is 11.5 Å². The van der Waals surface area contributed by atoms with Crippen LogP contribution in [-0.2, 0) is 29.0 Å². The van der Waals surface area contributed by atoms with Crippen LogP contribution in [0.1, 0.15) is 29.5 Å². The van der Waals surface area contributed by atoms with Crippen molar-refractivity contribution in [2.45, 2.75) is 32.2 Å². The fourth-order valence-corrected chi connectivity index (χ4v) is 3.91. The minimum absolute atomic E-state index is 0.223. The summed E-state index contributed by atoms with van der Waals surface area (Å²) in [4.78, 5) is 19.3. The fraction of sp³-hybridized carbons (Fsp3) is 0.259. The Morgan fingerprint density at radius 2 is 1.61 bits per heavy atom. The van der Waals surface area contributed by atoms with E-state index in [1.165, 1.54) is 17.2 Å². The zero-order valence-corrected chi connectivity index (χ0v) is 20.4. The number of aliphatic carboxylic acids is 2. The summed E-state index contributed by atoms with van der Waals surface area (Å²) in [6.07, 6.45) is 1.39. The molecule has 3 aromatic carbocycles. The first kappa shape index (κ1) is 27.0. The molecule has 1 aliphatic heterocycles. The van der Waals surface area contributed by atoms with E-state index in [1.54, 1.807) is 18.2 Å². The van der Waals surface area contributed by atoms with Crippen molar-refractivity contribution in [2.75, 3.05) is 18.4 Å². The number of hydrogen-bond donors (Lipinski definition) is 4. The summed E-state index contributed by atoms with van der Waals surface area (Å²) in [5.41, 5.74) is 4.78. The molecule has 190 valence electrons. The lowest BCUT2D eigenvalue weighted by Gasteiger charge is -2.16. The van der Waals surface area contributed by atoms with E-state index in [2.05, 4.69) is 16.7 Å². The van der Waals surface area contributed by atoms with Crippen LogP contribution in [0.4, 0.5) is 10.1 Å². The first-order valence-electron chi connectivity index (χ1n) is 11.5. The van der Waals surface area contributed by atoms with Gasteiger partial charge in [0, 0.05) is 6.54 Å². The lowest BCUT2D eigenvalue weighted by molar-refractivity contribution is -0.143. The molecule has 0 radical (unpaired) electrons. The van der Waals surface area contributed by atoms with Crippen molar-refractivity contribution in [2.24, 2.45) is 0 Å². The van der Waals surface area contributed by atoms with Crippen molar-refractivity contribution in [3.05, 3.63) is 88.2 Å². The van der Waals surface area contributed by atoms with Crippen molar-refractivity contribution in [3.8, 4) is 11.5 Å². The smallest absolute Gasteiger partial charge is 0.303 e. The van der Waals surface area contributed by atoms with E-state index in [0.29, 0.717) is 12.3 Å². The van der Waals surface area contributed by atoms with Gasteiger partial charge in [0.2, 0.25) is 0 Å². The fourth-order valence-electron chi connectivity index (χ4n) is 3.67. The molecule has 1 aliphatic rings. The molecule has 0 saturated heterocycles. The van der Waals surface area contributed by atoms with Gasteiger partial charge in [-0.2, -0.15) is 0 Å². The number of rotatable bonds is 8. The molecule has 4 rings (SSSR count). The monoisotopic (exact) mass is 514 g/mol. The summed E-state index contributed by atoms with van der Waals surface area (Å²) < 4.78 is 19.3. The number of carboxylic acid groups (broad SMARTS) is 2. The Kier molecular flexibility index (Phi) is 10.1. The lowest BCUT2D eigenvalue weighted by Crippen LogP contribution is -2.16. The first-order valence-corrected chi connectivity index (χ1v) is 11.9. The highest BCUT2D eigenvalue weighted by Gasteiger charge is 2.14. The van der Waals surface area contributed by atoms with Crippen LogP contribution >= 0.6 is 11.6 Å². The number of nitrogens with one attached hydrogen (secondary N) is 2. The molecule has 36 heavy (non-hydrogen) atoms. The molecule has 3 aromatic rings. The largest absolute Gasteiger partial charge is 0.481 e. The maximum Gasteiger partial charge on any atom is 0.303 e. The molecule has 0 spiro atoms. The van der Waals surface area contributed by atoms with E-state index < -0.39 is 11.9 Å². The number of hydrogen-bond acceptors (Lipinski definition) is 5. The summed E-state index contributed by atoms with van der Waals surface area (Å²) in [5.74, 6) is -1.70. The molecular weight excluding hydrogens is 487 g/mol. The zero-order valence-electron chi connectivity index (χ0n) is 19.6. The summed E-state index contributed by atoms with van der Waals surface area (Å²) in [6, 6.07) is 18.1. The number of benzene rings is 3. The average molecular weight is 515 g/mol. The second-order valence-corrected chi connectivity index (χ2v) is 8.53. The van der Waals surface area contributed by atoms with Gasteiger partial charge < -0.3 is 25.6 Å². The molecule has 0 atom stereocenters. The second-order valence-electron chi connectivity index (χ2n) is 8.13. The van der Waals surface area contributed by atoms with Crippen LogP contribution in [0, 0.1) is 5.82 Å². The van der Waals surface area contributed by atoms with Crippen molar-refractivity contribution in [3.63, 3.8) is 0 Å². The summed E-state index contributed by atoms with van der Waals surface area (Å²) in [5, 5.41) is 23.5. The van der Waals surface area contributed by atoms with E-state index in [0.717, 1.165) is 42.2 Å². The van der Waals surface area contributed by atoms with Crippen molar-refractivity contribution in [1.82, 2.24) is 5.32 Å². The number of fused-ring (bicyclic) bond motifs is 1. The Labute approximate surface area is 213 Å². The van der Waals surface area contributed by atoms with Gasteiger partial charge in [-0.1, -0.05) is 41.9 Å². The van der Waals surface area contributed by atoms with Crippen molar-refractivity contribution in [1.29, 1.82) is 0 Å². The number of anilines is 1. The van der Waals surface area contributed by atoms with Gasteiger partial charge in [-0.15, -0.1) is 0 Å². The van der Waals surface area contributed by atoms with E-state index in [9.17, 15) is 14.0 Å². The number of ether oxygens (including phenoxy) is 1. The zero-order chi connectivity index (χ0) is 25.9. The molecule has 7 nitrogen and oxygen atoms in total. The predicted octanol–water partition coefficient (Wildman–Crippen LogP) is 5.51. The Hall–Kier alpha value is -3.62. The molecular formula is C27H28ClFN2O5. The molecule has 0 fully saturated rings. The minimum Gasteiger partial charge on any atom is -0.481 e. The van der Waals surface area contributed by atoms with Crippen molar-refractivity contribution < 1.29 is 28.9 Å². The van der Waals surface area contributed by atoms with E-state index in [1.807, 2.05) is 30.3 Å². The molecule has 9 heteroatoms. The lowest BCUT2D eigenvalue weighted by atomic mass is 10.0. The Morgan fingerprint density at radius 3 is 2.28 bits per heavy atom. The molecule has 0 bridgehead atoms. The third kappa shape index (κ3) is 8.25. The van der Waals surface area contributed by atoms with Gasteiger partial charge in [0.15, 0.2) is 11.6 Å². The van der Waals surface area contributed by atoms with Crippen molar-refractivity contribution >= 4 is 29.2 Å². The van der Waals surface area contributed by atoms with Gasteiger partial charge in [-0.3, -0.25) is 9.59 Å². The van der Waals surface area contributed by atoms with Crippen LogP contribution in [0.3, 0.4) is 0 Å². The highest BCUT2D eigenvalue weighted by Crippen LogP contribution is 2.31. The van der Waals surface area contributed by atoms with Gasteiger partial charge in [0.1, 0.15) is 5.75 Å². The normalized spacial score (nSPS) is 12.4. The SMILES string of the molecule is Fc1ccccc1Oc1ccc(CNc2c(Cl)ccc3c2CCNCC3)cc1.O=C(O)CCC(=O)O. The maximum atomic E-state index is 13.7. The molecule has 0 amide bonds. The predicted molar refractivity (Wildman–Crippen MR) is 136 cm³/mol. The van der Waals surface area contributed by atoms with E-state index in [-0.39, 0.29) is 24.4 Å². The standard InChI is InChI=1S/C23H22ClFN2O.C4H6O4/c24-20-10-7-17-11-13-26-14-12-19(17)23(20)27-15-16-5-8-18(9-6-16)28-22-4-2-1-3-21(22)25;5-3(6)1-2-4(7)8/h1-10,26-27H,11-15H2;1-2H2,(H,5,6)(H,7,8). The van der Waals surface area contributed by atoms with Gasteiger partial charge >= 0.3 is 11.9 Å². The van der Waals surface area contributed by atoms with Gasteiger partial charge in [-0.25, -0.2) is 4.39 Å². The number of carboxylic acids is 2. The summed E-state index contributed by atoms with van der Waals surface area (Å²) in [6.45, 7) is 2.62. The third-order valence-electron chi connectivity index (χ3n) is 5.49.